The Kier molecular flexibility index (Phi) is 5.51. The zero-order chi connectivity index (χ0) is 22.9. The summed E-state index contributed by atoms with van der Waals surface area (Å²) in [5, 5.41) is 30.3. The number of aromatic amines is 1. The largest absolute Gasteiger partial charge is 0.493 e. The summed E-state index contributed by atoms with van der Waals surface area (Å²) in [6.07, 6.45) is 0. The number of hydrogen-bond donors (Lipinski definition) is 3. The summed E-state index contributed by atoms with van der Waals surface area (Å²) < 4.78 is 28.3. The van der Waals surface area contributed by atoms with E-state index in [4.69, 9.17) is 11.6 Å². The zero-order valence-corrected chi connectivity index (χ0v) is 17.6. The summed E-state index contributed by atoms with van der Waals surface area (Å²) in [6.45, 7) is 0. The number of aromatic hydroxyl groups is 1. The number of halogens is 1. The van der Waals surface area contributed by atoms with Gasteiger partial charge in [0.15, 0.2) is 5.69 Å². The molecule has 1 aromatic heterocycles. The Balaban J connectivity index is 1.78. The molecule has 0 amide bonds. The van der Waals surface area contributed by atoms with Crippen LogP contribution in [0, 0.1) is 10.1 Å². The molecular weight excluding hydrogens is 458 g/mol. The van der Waals surface area contributed by atoms with Crippen molar-refractivity contribution in [1.82, 2.24) is 4.98 Å². The van der Waals surface area contributed by atoms with Crippen molar-refractivity contribution < 1.29 is 18.4 Å². The molecule has 0 unspecified atom stereocenters. The lowest BCUT2D eigenvalue weighted by atomic mass is 10.2. The van der Waals surface area contributed by atoms with Gasteiger partial charge in [0.05, 0.1) is 10.4 Å². The maximum atomic E-state index is 13.0. The molecule has 0 bridgehead atoms. The molecule has 4 aromatic rings. The molecule has 1 heterocycles. The highest BCUT2D eigenvalue weighted by Gasteiger charge is 2.23. The van der Waals surface area contributed by atoms with Crippen LogP contribution in [0.4, 0.5) is 22.7 Å². The highest BCUT2D eigenvalue weighted by atomic mass is 35.5. The number of fused-ring (bicyclic) bond motifs is 1. The van der Waals surface area contributed by atoms with Crippen molar-refractivity contribution in [2.45, 2.75) is 4.90 Å². The molecule has 0 radical (unpaired) electrons. The molecular formula is C20H14ClN5O5S. The Labute approximate surface area is 186 Å². The molecule has 3 aromatic carbocycles. The summed E-state index contributed by atoms with van der Waals surface area (Å²) in [7, 11) is -4.28. The van der Waals surface area contributed by atoms with E-state index in [1.54, 1.807) is 24.3 Å². The first kappa shape index (κ1) is 21.3. The van der Waals surface area contributed by atoms with Crippen LogP contribution in [0.15, 0.2) is 81.9 Å². The lowest BCUT2D eigenvalue weighted by Gasteiger charge is -2.10. The number of nitro groups is 1. The normalized spacial score (nSPS) is 11.8. The Morgan fingerprint density at radius 1 is 1.03 bits per heavy atom. The number of H-pyrrole nitrogens is 1. The molecule has 4 rings (SSSR count). The summed E-state index contributed by atoms with van der Waals surface area (Å²) in [4.78, 5) is 12.8. The molecule has 0 aliphatic carbocycles. The predicted octanol–water partition coefficient (Wildman–Crippen LogP) is 5.65. The van der Waals surface area contributed by atoms with Crippen LogP contribution in [0.5, 0.6) is 5.88 Å². The summed E-state index contributed by atoms with van der Waals surface area (Å²) >= 11 is 5.82. The van der Waals surface area contributed by atoms with Gasteiger partial charge in [0.1, 0.15) is 10.6 Å². The van der Waals surface area contributed by atoms with Crippen LogP contribution < -0.4 is 4.72 Å². The molecule has 0 saturated heterocycles. The van der Waals surface area contributed by atoms with Gasteiger partial charge in [0.25, 0.3) is 15.7 Å². The van der Waals surface area contributed by atoms with Gasteiger partial charge in [-0.05, 0) is 36.4 Å². The molecule has 162 valence electrons. The van der Waals surface area contributed by atoms with Gasteiger partial charge in [0, 0.05) is 28.2 Å². The number of hydrogen-bond acceptors (Lipinski definition) is 7. The van der Waals surface area contributed by atoms with Crippen LogP contribution in [-0.2, 0) is 10.0 Å². The van der Waals surface area contributed by atoms with Crippen LogP contribution in [0.3, 0.4) is 0 Å². The molecule has 0 aliphatic heterocycles. The summed E-state index contributed by atoms with van der Waals surface area (Å²) in [5.74, 6) is -0.249. The van der Waals surface area contributed by atoms with Crippen LogP contribution >= 0.6 is 11.6 Å². The fraction of sp³-hybridized carbons (Fsp3) is 0. The lowest BCUT2D eigenvalue weighted by Crippen LogP contribution is -2.13. The van der Waals surface area contributed by atoms with Gasteiger partial charge >= 0.3 is 0 Å². The maximum Gasteiger partial charge on any atom is 0.270 e. The number of anilines is 1. The van der Waals surface area contributed by atoms with Crippen LogP contribution in [-0.4, -0.2) is 23.4 Å². The molecule has 0 fully saturated rings. The van der Waals surface area contributed by atoms with Gasteiger partial charge < -0.3 is 10.1 Å². The lowest BCUT2D eigenvalue weighted by molar-refractivity contribution is -0.385. The fourth-order valence-corrected chi connectivity index (χ4v) is 4.30. The monoisotopic (exact) mass is 471 g/mol. The summed E-state index contributed by atoms with van der Waals surface area (Å²) in [6, 6.07) is 16.0. The van der Waals surface area contributed by atoms with Crippen molar-refractivity contribution in [1.29, 1.82) is 0 Å². The predicted molar refractivity (Wildman–Crippen MR) is 119 cm³/mol. The van der Waals surface area contributed by atoms with E-state index in [-0.39, 0.29) is 22.9 Å². The van der Waals surface area contributed by atoms with Gasteiger partial charge in [-0.3, -0.25) is 14.8 Å². The molecule has 0 saturated carbocycles. The van der Waals surface area contributed by atoms with Crippen molar-refractivity contribution >= 4 is 55.3 Å². The third-order valence-electron chi connectivity index (χ3n) is 4.46. The maximum absolute atomic E-state index is 13.0. The van der Waals surface area contributed by atoms with Gasteiger partial charge in [-0.2, -0.15) is 0 Å². The Morgan fingerprint density at radius 3 is 2.47 bits per heavy atom. The number of sulfonamides is 1. The van der Waals surface area contributed by atoms with Crippen molar-refractivity contribution in [3.8, 4) is 5.88 Å². The van der Waals surface area contributed by atoms with E-state index in [0.29, 0.717) is 15.9 Å². The minimum atomic E-state index is -4.28. The third-order valence-corrected chi connectivity index (χ3v) is 6.12. The second-order valence-corrected chi connectivity index (χ2v) is 8.68. The van der Waals surface area contributed by atoms with Crippen molar-refractivity contribution in [3.63, 3.8) is 0 Å². The first-order valence-corrected chi connectivity index (χ1v) is 10.9. The van der Waals surface area contributed by atoms with Crippen LogP contribution in [0.1, 0.15) is 0 Å². The number of rotatable bonds is 6. The topological polar surface area (TPSA) is 150 Å². The van der Waals surface area contributed by atoms with Gasteiger partial charge in [-0.1, -0.05) is 29.8 Å². The molecule has 12 heteroatoms. The second-order valence-electron chi connectivity index (χ2n) is 6.59. The van der Waals surface area contributed by atoms with E-state index in [9.17, 15) is 23.6 Å². The van der Waals surface area contributed by atoms with E-state index in [0.717, 1.165) is 12.1 Å². The van der Waals surface area contributed by atoms with Gasteiger partial charge in [0.2, 0.25) is 5.88 Å². The van der Waals surface area contributed by atoms with Crippen molar-refractivity contribution in [3.05, 3.63) is 81.9 Å². The average molecular weight is 472 g/mol. The SMILES string of the molecule is O=[N+]([O-])c1ccc(N=Nc2c(O)[nH]c3ccccc23)c(S(=O)(=O)Nc2ccc(Cl)cc2)c1. The average Bonchev–Trinajstić information content (AvgIpc) is 3.08. The standard InChI is InChI=1S/C20H14ClN5O5S/c21-12-5-7-13(8-6-12)25-32(30,31)18-11-14(26(28)29)9-10-17(18)23-24-19-15-3-1-2-4-16(15)22-20(19)27/h1-11,22,25,27H. The van der Waals surface area contributed by atoms with E-state index in [2.05, 4.69) is 19.9 Å². The molecule has 0 aliphatic rings. The minimum Gasteiger partial charge on any atom is -0.493 e. The Morgan fingerprint density at radius 2 is 1.75 bits per heavy atom. The highest BCUT2D eigenvalue weighted by Crippen LogP contribution is 2.37. The first-order valence-electron chi connectivity index (χ1n) is 9.03. The number of nitrogens with zero attached hydrogens (tertiary/aromatic N) is 3. The number of azo groups is 1. The number of non-ortho nitro benzene ring substituents is 1. The first-order chi connectivity index (χ1) is 15.2. The Bertz CT molecular complexity index is 1470. The molecule has 32 heavy (non-hydrogen) atoms. The van der Waals surface area contributed by atoms with E-state index < -0.39 is 25.5 Å². The third kappa shape index (κ3) is 4.24. The Hall–Kier alpha value is -3.96. The number of nitro benzene ring substituents is 1. The van der Waals surface area contributed by atoms with Crippen LogP contribution in [0.25, 0.3) is 10.9 Å². The van der Waals surface area contributed by atoms with Gasteiger partial charge in [-0.25, -0.2) is 8.42 Å². The number of nitrogens with one attached hydrogen (secondary N) is 2. The number of benzene rings is 3. The molecule has 0 spiro atoms. The highest BCUT2D eigenvalue weighted by molar-refractivity contribution is 7.92. The number of para-hydroxylation sites is 1. The summed E-state index contributed by atoms with van der Waals surface area (Å²) in [5.41, 5.74) is 0.336. The van der Waals surface area contributed by atoms with E-state index in [1.807, 2.05) is 0 Å². The molecule has 0 atom stereocenters. The van der Waals surface area contributed by atoms with Crippen LogP contribution in [0.2, 0.25) is 5.02 Å². The fourth-order valence-electron chi connectivity index (χ4n) is 2.96. The van der Waals surface area contributed by atoms with E-state index in [1.165, 1.54) is 30.3 Å². The van der Waals surface area contributed by atoms with E-state index >= 15 is 0 Å². The van der Waals surface area contributed by atoms with Gasteiger partial charge in [-0.15, -0.1) is 10.2 Å². The molecule has 3 N–H and O–H groups in total. The smallest absolute Gasteiger partial charge is 0.270 e. The second kappa shape index (κ2) is 8.29. The molecule has 10 nitrogen and oxygen atoms in total. The number of aromatic nitrogens is 1. The zero-order valence-electron chi connectivity index (χ0n) is 16.1. The van der Waals surface area contributed by atoms with Crippen molar-refractivity contribution in [2.75, 3.05) is 4.72 Å². The van der Waals surface area contributed by atoms with Crippen molar-refractivity contribution in [2.24, 2.45) is 10.2 Å². The quantitative estimate of drug-likeness (QED) is 0.188. The minimum absolute atomic E-state index is 0.105.